The Morgan fingerprint density at radius 3 is 2.39 bits per heavy atom. The zero-order chi connectivity index (χ0) is 22.1. The van der Waals surface area contributed by atoms with E-state index in [9.17, 15) is 14.7 Å². The number of amides is 1. The Hall–Kier alpha value is -3.37. The molecule has 0 bridgehead atoms. The maximum atomic E-state index is 12.0. The predicted molar refractivity (Wildman–Crippen MR) is 116 cm³/mol. The second kappa shape index (κ2) is 12.4. The number of aromatic carboxylic acids is 1. The highest BCUT2D eigenvalue weighted by molar-refractivity contribution is 5.91. The fourth-order valence-corrected chi connectivity index (χ4v) is 2.41. The number of methoxy groups -OCH3 is 1. The minimum Gasteiger partial charge on any atom is -0.507 e. The number of carbonyl (C=O) groups excluding carboxylic acids is 1. The third kappa shape index (κ3) is 7.43. The number of azo groups is 1. The molecule has 0 radical (unpaired) electrons. The van der Waals surface area contributed by atoms with E-state index in [-0.39, 0.29) is 36.0 Å². The van der Waals surface area contributed by atoms with Crippen molar-refractivity contribution in [2.75, 3.05) is 34.3 Å². The summed E-state index contributed by atoms with van der Waals surface area (Å²) in [6, 6.07) is 8.89. The Bertz CT molecular complexity index is 938. The zero-order valence-electron chi connectivity index (χ0n) is 17.4. The fraction of sp³-hybridized carbons (Fsp3) is 0.300. The summed E-state index contributed by atoms with van der Waals surface area (Å²) in [5.74, 6) is -1.14. The summed E-state index contributed by atoms with van der Waals surface area (Å²) < 4.78 is 10.6. The first-order valence-electron chi connectivity index (χ1n) is 9.03. The molecule has 31 heavy (non-hydrogen) atoms. The molecule has 0 atom stereocenters. The van der Waals surface area contributed by atoms with Crippen molar-refractivity contribution in [3.8, 4) is 11.5 Å². The van der Waals surface area contributed by atoms with Gasteiger partial charge in [0.25, 0.3) is 0 Å². The minimum atomic E-state index is -1.26. The van der Waals surface area contributed by atoms with E-state index in [0.29, 0.717) is 30.1 Å². The van der Waals surface area contributed by atoms with Crippen LogP contribution in [0.4, 0.5) is 16.2 Å². The van der Waals surface area contributed by atoms with Gasteiger partial charge in [-0.2, -0.15) is 10.2 Å². The van der Waals surface area contributed by atoms with Crippen LogP contribution in [0.1, 0.15) is 15.9 Å². The van der Waals surface area contributed by atoms with E-state index < -0.39 is 12.1 Å². The largest absolute Gasteiger partial charge is 0.507 e. The average molecular weight is 453 g/mol. The zero-order valence-corrected chi connectivity index (χ0v) is 18.2. The van der Waals surface area contributed by atoms with Crippen LogP contribution in [0.2, 0.25) is 0 Å². The lowest BCUT2D eigenvalue weighted by molar-refractivity contribution is 0.0693. The number of phenols is 1. The molecule has 10 nitrogen and oxygen atoms in total. The minimum absolute atomic E-state index is 0. The maximum absolute atomic E-state index is 12.0. The normalized spacial score (nSPS) is 10.4. The quantitative estimate of drug-likeness (QED) is 0.493. The summed E-state index contributed by atoms with van der Waals surface area (Å²) in [5, 5.41) is 29.6. The maximum Gasteiger partial charge on any atom is 0.409 e. The number of aromatic hydroxyl groups is 1. The molecule has 2 aromatic rings. The van der Waals surface area contributed by atoms with Crippen molar-refractivity contribution in [1.82, 2.24) is 10.2 Å². The van der Waals surface area contributed by atoms with Gasteiger partial charge in [0.2, 0.25) is 0 Å². The second-order valence-electron chi connectivity index (χ2n) is 6.28. The number of carboxylic acid groups (broad SMARTS) is 1. The van der Waals surface area contributed by atoms with E-state index in [1.807, 2.05) is 0 Å². The Labute approximate surface area is 185 Å². The number of ether oxygens (including phenoxy) is 2. The van der Waals surface area contributed by atoms with E-state index in [4.69, 9.17) is 14.6 Å². The van der Waals surface area contributed by atoms with Gasteiger partial charge in [-0.05, 0) is 37.4 Å². The van der Waals surface area contributed by atoms with Crippen molar-refractivity contribution in [1.29, 1.82) is 0 Å². The molecule has 0 aromatic heterocycles. The Kier molecular flexibility index (Phi) is 10.2. The topological polar surface area (TPSA) is 133 Å². The molecule has 0 saturated carbocycles. The highest BCUT2D eigenvalue weighted by atomic mass is 35.5. The summed E-state index contributed by atoms with van der Waals surface area (Å²) in [6.45, 7) is 1.21. The molecule has 0 unspecified atom stereocenters. The predicted octanol–water partition coefficient (Wildman–Crippen LogP) is 3.72. The van der Waals surface area contributed by atoms with E-state index in [1.165, 1.54) is 30.2 Å². The summed E-state index contributed by atoms with van der Waals surface area (Å²) in [6.07, 6.45) is -0.447. The molecule has 3 N–H and O–H groups in total. The average Bonchev–Trinajstić information content (AvgIpc) is 2.75. The van der Waals surface area contributed by atoms with E-state index in [1.54, 1.807) is 32.3 Å². The van der Waals surface area contributed by atoms with Gasteiger partial charge in [0, 0.05) is 31.8 Å². The third-order valence-corrected chi connectivity index (χ3v) is 4.12. The Morgan fingerprint density at radius 2 is 1.77 bits per heavy atom. The van der Waals surface area contributed by atoms with Crippen molar-refractivity contribution in [2.45, 2.75) is 6.61 Å². The van der Waals surface area contributed by atoms with Crippen LogP contribution in [0, 0.1) is 0 Å². The van der Waals surface area contributed by atoms with Gasteiger partial charge in [-0.15, -0.1) is 12.4 Å². The molecular formula is C20H25ClN4O6. The molecule has 2 rings (SSSR count). The van der Waals surface area contributed by atoms with Crippen molar-refractivity contribution in [3.05, 3.63) is 47.5 Å². The monoisotopic (exact) mass is 452 g/mol. The second-order valence-corrected chi connectivity index (χ2v) is 6.28. The van der Waals surface area contributed by atoms with Gasteiger partial charge in [0.05, 0.1) is 18.5 Å². The van der Waals surface area contributed by atoms with Crippen LogP contribution in [0.15, 0.2) is 46.6 Å². The molecule has 0 aliphatic carbocycles. The number of likely N-dealkylation sites (N-methyl/N-ethyl adjacent to an activating group) is 2. The molecule has 0 aliphatic heterocycles. The van der Waals surface area contributed by atoms with Crippen LogP contribution in [0.25, 0.3) is 0 Å². The molecular weight excluding hydrogens is 428 g/mol. The van der Waals surface area contributed by atoms with Crippen LogP contribution in [0.3, 0.4) is 0 Å². The van der Waals surface area contributed by atoms with E-state index in [2.05, 4.69) is 15.5 Å². The van der Waals surface area contributed by atoms with Crippen molar-refractivity contribution >= 4 is 35.8 Å². The number of carboxylic acids is 1. The van der Waals surface area contributed by atoms with Crippen LogP contribution in [-0.4, -0.2) is 61.5 Å². The lowest BCUT2D eigenvalue weighted by Gasteiger charge is -2.17. The molecule has 0 saturated heterocycles. The molecule has 1 amide bonds. The molecule has 168 valence electrons. The Morgan fingerprint density at radius 1 is 1.13 bits per heavy atom. The number of carbonyl (C=O) groups is 2. The lowest BCUT2D eigenvalue weighted by atomic mass is 10.2. The van der Waals surface area contributed by atoms with Gasteiger partial charge in [0.1, 0.15) is 23.7 Å². The standard InChI is InChI=1S/C20H24N4O6.ClH/c1-21-8-9-24(2)20(28)30-12-13-4-5-15(11-18(13)29-3)23-22-14-6-7-17(25)16(10-14)19(26)27;/h4-7,10-11,21,25H,8-9,12H2,1-3H3,(H,26,27);1H/b23-22+;. The van der Waals surface area contributed by atoms with Gasteiger partial charge >= 0.3 is 12.1 Å². The van der Waals surface area contributed by atoms with Crippen LogP contribution >= 0.6 is 12.4 Å². The lowest BCUT2D eigenvalue weighted by Crippen LogP contribution is -2.33. The number of benzene rings is 2. The number of hydrogen-bond donors (Lipinski definition) is 3. The highest BCUT2D eigenvalue weighted by Gasteiger charge is 2.12. The first-order chi connectivity index (χ1) is 14.3. The smallest absolute Gasteiger partial charge is 0.409 e. The van der Waals surface area contributed by atoms with Gasteiger partial charge in [-0.3, -0.25) is 0 Å². The SMILES string of the molecule is CNCCN(C)C(=O)OCc1ccc(/N=N/c2ccc(O)c(C(=O)O)c2)cc1OC.Cl. The number of rotatable bonds is 9. The number of hydrogen-bond acceptors (Lipinski definition) is 8. The molecule has 2 aromatic carbocycles. The van der Waals surface area contributed by atoms with Crippen LogP contribution in [-0.2, 0) is 11.3 Å². The molecule has 0 fully saturated rings. The third-order valence-electron chi connectivity index (χ3n) is 4.12. The fourth-order valence-electron chi connectivity index (χ4n) is 2.41. The first-order valence-corrected chi connectivity index (χ1v) is 9.03. The van der Waals surface area contributed by atoms with Gasteiger partial charge in [-0.25, -0.2) is 9.59 Å². The van der Waals surface area contributed by atoms with Crippen molar-refractivity contribution < 1.29 is 29.3 Å². The highest BCUT2D eigenvalue weighted by Crippen LogP contribution is 2.28. The van der Waals surface area contributed by atoms with E-state index >= 15 is 0 Å². The van der Waals surface area contributed by atoms with E-state index in [0.717, 1.165) is 0 Å². The van der Waals surface area contributed by atoms with Gasteiger partial charge in [0.15, 0.2) is 0 Å². The molecule has 0 heterocycles. The van der Waals surface area contributed by atoms with Gasteiger partial charge < -0.3 is 29.9 Å². The molecule has 0 aliphatic rings. The first kappa shape index (κ1) is 25.7. The van der Waals surface area contributed by atoms with Crippen LogP contribution < -0.4 is 10.1 Å². The molecule has 0 spiro atoms. The number of nitrogens with zero attached hydrogens (tertiary/aromatic N) is 3. The summed E-state index contributed by atoms with van der Waals surface area (Å²) >= 11 is 0. The molecule has 11 heteroatoms. The van der Waals surface area contributed by atoms with Crippen molar-refractivity contribution in [3.63, 3.8) is 0 Å². The Balaban J connectivity index is 0.00000480. The van der Waals surface area contributed by atoms with Crippen molar-refractivity contribution in [2.24, 2.45) is 10.2 Å². The summed E-state index contributed by atoms with van der Waals surface area (Å²) in [4.78, 5) is 24.5. The van der Waals surface area contributed by atoms with Crippen LogP contribution in [0.5, 0.6) is 11.5 Å². The summed E-state index contributed by atoms with van der Waals surface area (Å²) in [5.41, 5.74) is 1.12. The summed E-state index contributed by atoms with van der Waals surface area (Å²) in [7, 11) is 4.94. The number of halogens is 1. The van der Waals surface area contributed by atoms with Gasteiger partial charge in [-0.1, -0.05) is 0 Å². The number of nitrogens with one attached hydrogen (secondary N) is 1.